The fourth-order valence-electron chi connectivity index (χ4n) is 2.97. The number of hydrogen-bond donors (Lipinski definition) is 2. The summed E-state index contributed by atoms with van der Waals surface area (Å²) in [5.41, 5.74) is 2.09. The quantitative estimate of drug-likeness (QED) is 0.753. The van der Waals surface area contributed by atoms with Gasteiger partial charge >= 0.3 is 0 Å². The number of rotatable bonds is 5. The van der Waals surface area contributed by atoms with Gasteiger partial charge in [0, 0.05) is 17.7 Å². The topological polar surface area (TPSA) is 79.4 Å². The molecule has 6 heteroatoms. The number of hydrogen-bond acceptors (Lipinski definition) is 5. The van der Waals surface area contributed by atoms with E-state index in [0.717, 1.165) is 28.7 Å². The standard InChI is InChI=1S/C18H20N6/c1-12-10-15(23-17(21-12)14-8-5-9-14)22-16(18-19-11-20-24-18)13-6-3-2-4-7-13/h2-4,6-7,10-11,14,16H,5,8-9H2,1H3,(H,19,20,24)(H,21,22,23). The highest BCUT2D eigenvalue weighted by atomic mass is 15.2. The minimum atomic E-state index is -0.128. The molecule has 1 fully saturated rings. The Morgan fingerprint density at radius 2 is 2.00 bits per heavy atom. The Kier molecular flexibility index (Phi) is 3.94. The Labute approximate surface area is 140 Å². The van der Waals surface area contributed by atoms with Crippen LogP contribution >= 0.6 is 0 Å². The van der Waals surface area contributed by atoms with Crippen molar-refractivity contribution < 1.29 is 0 Å². The fourth-order valence-corrected chi connectivity index (χ4v) is 2.97. The smallest absolute Gasteiger partial charge is 0.151 e. The summed E-state index contributed by atoms with van der Waals surface area (Å²) in [6.45, 7) is 2.01. The first-order valence-electron chi connectivity index (χ1n) is 8.32. The van der Waals surface area contributed by atoms with Gasteiger partial charge in [0.2, 0.25) is 0 Å². The van der Waals surface area contributed by atoms with E-state index in [1.807, 2.05) is 31.2 Å². The second-order valence-corrected chi connectivity index (χ2v) is 6.24. The lowest BCUT2D eigenvalue weighted by Gasteiger charge is -2.25. The predicted octanol–water partition coefficient (Wildman–Crippen LogP) is 3.37. The van der Waals surface area contributed by atoms with Gasteiger partial charge in [-0.1, -0.05) is 36.8 Å². The summed E-state index contributed by atoms with van der Waals surface area (Å²) in [4.78, 5) is 13.7. The molecular weight excluding hydrogens is 300 g/mol. The van der Waals surface area contributed by atoms with E-state index in [0.29, 0.717) is 5.92 Å². The first-order valence-corrected chi connectivity index (χ1v) is 8.32. The molecule has 4 rings (SSSR count). The summed E-state index contributed by atoms with van der Waals surface area (Å²) in [6, 6.07) is 12.0. The molecule has 2 N–H and O–H groups in total. The molecule has 2 heterocycles. The number of aromatic amines is 1. The Hall–Kier alpha value is -2.76. The average molecular weight is 320 g/mol. The van der Waals surface area contributed by atoms with Crippen molar-refractivity contribution in [1.29, 1.82) is 0 Å². The molecule has 0 radical (unpaired) electrons. The van der Waals surface area contributed by atoms with Gasteiger partial charge in [-0.05, 0) is 25.3 Å². The molecule has 0 spiro atoms. The van der Waals surface area contributed by atoms with Crippen LogP contribution in [0.25, 0.3) is 0 Å². The monoisotopic (exact) mass is 320 g/mol. The van der Waals surface area contributed by atoms with E-state index in [2.05, 4.69) is 37.6 Å². The zero-order valence-electron chi connectivity index (χ0n) is 13.6. The van der Waals surface area contributed by atoms with Crippen LogP contribution in [0.15, 0.2) is 42.7 Å². The van der Waals surface area contributed by atoms with Crippen molar-refractivity contribution in [2.45, 2.75) is 38.1 Å². The lowest BCUT2D eigenvalue weighted by Crippen LogP contribution is -2.18. The molecule has 3 aromatic rings. The third kappa shape index (κ3) is 2.99. The Balaban J connectivity index is 1.66. The van der Waals surface area contributed by atoms with Crippen molar-refractivity contribution in [3.05, 3.63) is 65.6 Å². The van der Waals surface area contributed by atoms with E-state index in [4.69, 9.17) is 4.98 Å². The summed E-state index contributed by atoms with van der Waals surface area (Å²) in [5.74, 6) is 3.05. The van der Waals surface area contributed by atoms with Gasteiger partial charge in [-0.15, -0.1) is 0 Å². The van der Waals surface area contributed by atoms with Crippen molar-refractivity contribution in [2.24, 2.45) is 0 Å². The molecule has 1 saturated carbocycles. The van der Waals surface area contributed by atoms with Gasteiger partial charge in [0.05, 0.1) is 0 Å². The Morgan fingerprint density at radius 1 is 1.17 bits per heavy atom. The predicted molar refractivity (Wildman–Crippen MR) is 91.7 cm³/mol. The van der Waals surface area contributed by atoms with Gasteiger partial charge in [0.1, 0.15) is 24.0 Å². The van der Waals surface area contributed by atoms with Crippen molar-refractivity contribution in [3.8, 4) is 0 Å². The third-order valence-electron chi connectivity index (χ3n) is 4.47. The van der Waals surface area contributed by atoms with E-state index < -0.39 is 0 Å². The van der Waals surface area contributed by atoms with Crippen LogP contribution in [0.4, 0.5) is 5.82 Å². The second kappa shape index (κ2) is 6.39. The van der Waals surface area contributed by atoms with Crippen LogP contribution in [0.3, 0.4) is 0 Å². The minimum absolute atomic E-state index is 0.128. The van der Waals surface area contributed by atoms with Crippen LogP contribution < -0.4 is 5.32 Å². The van der Waals surface area contributed by atoms with Crippen LogP contribution in [0, 0.1) is 6.92 Å². The molecule has 1 aliphatic carbocycles. The Bertz CT molecular complexity index is 796. The summed E-state index contributed by atoms with van der Waals surface area (Å²) in [5, 5.41) is 10.4. The van der Waals surface area contributed by atoms with E-state index in [1.54, 1.807) is 0 Å². The number of nitrogens with one attached hydrogen (secondary N) is 2. The maximum atomic E-state index is 4.75. The van der Waals surface area contributed by atoms with Gasteiger partial charge in [-0.2, -0.15) is 5.10 Å². The van der Waals surface area contributed by atoms with E-state index in [-0.39, 0.29) is 6.04 Å². The first kappa shape index (κ1) is 14.8. The zero-order chi connectivity index (χ0) is 16.4. The second-order valence-electron chi connectivity index (χ2n) is 6.24. The van der Waals surface area contributed by atoms with E-state index in [9.17, 15) is 0 Å². The van der Waals surface area contributed by atoms with Crippen LogP contribution in [0.2, 0.25) is 0 Å². The molecule has 122 valence electrons. The van der Waals surface area contributed by atoms with Gasteiger partial charge in [-0.3, -0.25) is 5.10 Å². The largest absolute Gasteiger partial charge is 0.356 e. The third-order valence-corrected chi connectivity index (χ3v) is 4.47. The molecule has 2 aromatic heterocycles. The van der Waals surface area contributed by atoms with Crippen molar-refractivity contribution in [1.82, 2.24) is 25.1 Å². The van der Waals surface area contributed by atoms with Gasteiger partial charge in [0.25, 0.3) is 0 Å². The Morgan fingerprint density at radius 3 is 2.67 bits per heavy atom. The highest BCUT2D eigenvalue weighted by Crippen LogP contribution is 2.35. The average Bonchev–Trinajstić information content (AvgIpc) is 3.05. The van der Waals surface area contributed by atoms with Gasteiger partial charge in [0.15, 0.2) is 5.82 Å². The van der Waals surface area contributed by atoms with Crippen molar-refractivity contribution in [3.63, 3.8) is 0 Å². The molecular formula is C18H20N6. The number of H-pyrrole nitrogens is 1. The number of nitrogens with zero attached hydrogens (tertiary/aromatic N) is 4. The fraction of sp³-hybridized carbons (Fsp3) is 0.333. The molecule has 0 bridgehead atoms. The highest BCUT2D eigenvalue weighted by molar-refractivity contribution is 5.42. The molecule has 0 amide bonds. The van der Waals surface area contributed by atoms with Gasteiger partial charge < -0.3 is 5.32 Å². The van der Waals surface area contributed by atoms with E-state index in [1.165, 1.54) is 25.6 Å². The van der Waals surface area contributed by atoms with Crippen LogP contribution in [0.5, 0.6) is 0 Å². The van der Waals surface area contributed by atoms with Crippen LogP contribution in [0.1, 0.15) is 54.1 Å². The first-order chi connectivity index (χ1) is 11.8. The highest BCUT2D eigenvalue weighted by Gasteiger charge is 2.24. The maximum Gasteiger partial charge on any atom is 0.151 e. The molecule has 24 heavy (non-hydrogen) atoms. The SMILES string of the molecule is Cc1cc(NC(c2ccccc2)c2ncn[nH]2)nc(C2CCC2)n1. The number of aryl methyl sites for hydroxylation is 1. The molecule has 6 nitrogen and oxygen atoms in total. The summed E-state index contributed by atoms with van der Waals surface area (Å²) < 4.78 is 0. The van der Waals surface area contributed by atoms with Crippen LogP contribution in [-0.4, -0.2) is 25.1 Å². The lowest BCUT2D eigenvalue weighted by molar-refractivity contribution is 0.401. The summed E-state index contributed by atoms with van der Waals surface area (Å²) in [6.07, 6.45) is 5.17. The van der Waals surface area contributed by atoms with Crippen molar-refractivity contribution in [2.75, 3.05) is 5.32 Å². The maximum absolute atomic E-state index is 4.75. The molecule has 1 atom stereocenters. The zero-order valence-corrected chi connectivity index (χ0v) is 13.6. The van der Waals surface area contributed by atoms with E-state index >= 15 is 0 Å². The molecule has 1 aromatic carbocycles. The minimum Gasteiger partial charge on any atom is -0.356 e. The summed E-state index contributed by atoms with van der Waals surface area (Å²) in [7, 11) is 0. The molecule has 1 aliphatic rings. The molecule has 1 unspecified atom stereocenters. The lowest BCUT2D eigenvalue weighted by atomic mass is 9.85. The number of benzene rings is 1. The normalized spacial score (nSPS) is 15.7. The number of anilines is 1. The summed E-state index contributed by atoms with van der Waals surface area (Å²) >= 11 is 0. The number of aromatic nitrogens is 5. The molecule has 0 saturated heterocycles. The van der Waals surface area contributed by atoms with Crippen molar-refractivity contribution >= 4 is 5.82 Å². The molecule has 0 aliphatic heterocycles. The van der Waals surface area contributed by atoms with Gasteiger partial charge in [-0.25, -0.2) is 15.0 Å². The van der Waals surface area contributed by atoms with Crippen LogP contribution in [-0.2, 0) is 0 Å².